The first-order valence-corrected chi connectivity index (χ1v) is 6.53. The van der Waals surface area contributed by atoms with Gasteiger partial charge in [0.15, 0.2) is 0 Å². The number of alkyl halides is 1. The first kappa shape index (κ1) is 12.1. The third-order valence-electron chi connectivity index (χ3n) is 3.60. The molecule has 0 unspecified atom stereocenters. The highest BCUT2D eigenvalue weighted by Gasteiger charge is 2.13. The Hall–Kier alpha value is -1.93. The summed E-state index contributed by atoms with van der Waals surface area (Å²) in [6.45, 7) is -0.390. The molecule has 1 nitrogen and oxygen atoms in total. The Bertz CT molecular complexity index is 667. The molecule has 0 aliphatic heterocycles. The van der Waals surface area contributed by atoms with Crippen LogP contribution in [0.1, 0.15) is 18.0 Å². The van der Waals surface area contributed by atoms with E-state index in [-0.39, 0.29) is 6.04 Å². The maximum absolute atomic E-state index is 12.6. The number of halogens is 1. The van der Waals surface area contributed by atoms with Crippen molar-refractivity contribution in [3.05, 3.63) is 60.2 Å². The zero-order valence-electron chi connectivity index (χ0n) is 10.6. The quantitative estimate of drug-likeness (QED) is 0.690. The van der Waals surface area contributed by atoms with Crippen molar-refractivity contribution < 1.29 is 4.39 Å². The van der Waals surface area contributed by atoms with Gasteiger partial charge in [-0.25, -0.2) is 0 Å². The number of hydrogen-bond donors (Lipinski definition) is 1. The van der Waals surface area contributed by atoms with Crippen molar-refractivity contribution in [2.24, 2.45) is 5.73 Å². The standard InChI is InChI=1S/C17H16FN/c18-10-9-16(19)17-14-7-3-1-5-12(14)11-13-6-2-4-8-15(13)17/h1-8,11,16H,9-10,19H2/t16-/m0/s1. The van der Waals surface area contributed by atoms with Crippen molar-refractivity contribution in [3.63, 3.8) is 0 Å². The molecule has 96 valence electrons. The van der Waals surface area contributed by atoms with Crippen LogP contribution in [0.2, 0.25) is 0 Å². The normalized spacial score (nSPS) is 12.9. The third kappa shape index (κ3) is 2.08. The van der Waals surface area contributed by atoms with Crippen LogP contribution in [-0.4, -0.2) is 6.67 Å². The minimum atomic E-state index is -0.390. The van der Waals surface area contributed by atoms with Gasteiger partial charge in [0.1, 0.15) is 0 Å². The Morgan fingerprint density at radius 3 is 1.95 bits per heavy atom. The molecular formula is C17H16FN. The van der Waals surface area contributed by atoms with Crippen molar-refractivity contribution in [2.75, 3.05) is 6.67 Å². The third-order valence-corrected chi connectivity index (χ3v) is 3.60. The maximum Gasteiger partial charge on any atom is 0.0912 e. The van der Waals surface area contributed by atoms with E-state index in [4.69, 9.17) is 5.73 Å². The summed E-state index contributed by atoms with van der Waals surface area (Å²) >= 11 is 0. The molecule has 0 radical (unpaired) electrons. The van der Waals surface area contributed by atoms with E-state index in [2.05, 4.69) is 30.3 Å². The molecule has 1 atom stereocenters. The van der Waals surface area contributed by atoms with Gasteiger partial charge in [-0.05, 0) is 39.6 Å². The fourth-order valence-electron chi connectivity index (χ4n) is 2.71. The number of hydrogen-bond acceptors (Lipinski definition) is 1. The molecule has 0 bridgehead atoms. The molecule has 0 spiro atoms. The van der Waals surface area contributed by atoms with Crippen LogP contribution in [0.4, 0.5) is 4.39 Å². The van der Waals surface area contributed by atoms with Crippen LogP contribution in [0.15, 0.2) is 54.6 Å². The first-order chi connectivity index (χ1) is 9.31. The van der Waals surface area contributed by atoms with Gasteiger partial charge in [-0.1, -0.05) is 48.5 Å². The Labute approximate surface area is 111 Å². The summed E-state index contributed by atoms with van der Waals surface area (Å²) in [4.78, 5) is 0. The van der Waals surface area contributed by atoms with Gasteiger partial charge in [0.25, 0.3) is 0 Å². The van der Waals surface area contributed by atoms with E-state index in [0.29, 0.717) is 6.42 Å². The molecule has 0 aliphatic carbocycles. The summed E-state index contributed by atoms with van der Waals surface area (Å²) in [5.74, 6) is 0. The lowest BCUT2D eigenvalue weighted by Crippen LogP contribution is -2.12. The molecular weight excluding hydrogens is 237 g/mol. The van der Waals surface area contributed by atoms with Gasteiger partial charge in [-0.3, -0.25) is 4.39 Å². The summed E-state index contributed by atoms with van der Waals surface area (Å²) in [6.07, 6.45) is 0.359. The van der Waals surface area contributed by atoms with E-state index in [1.54, 1.807) is 0 Å². The Balaban J connectivity index is 2.39. The molecule has 3 aromatic rings. The van der Waals surface area contributed by atoms with Gasteiger partial charge >= 0.3 is 0 Å². The second kappa shape index (κ2) is 4.98. The van der Waals surface area contributed by atoms with Gasteiger partial charge in [0.2, 0.25) is 0 Å². The van der Waals surface area contributed by atoms with Crippen LogP contribution in [0, 0.1) is 0 Å². The smallest absolute Gasteiger partial charge is 0.0912 e. The van der Waals surface area contributed by atoms with E-state index in [1.165, 1.54) is 0 Å². The number of benzene rings is 3. The van der Waals surface area contributed by atoms with Gasteiger partial charge in [0, 0.05) is 6.04 Å². The van der Waals surface area contributed by atoms with Crippen LogP contribution in [-0.2, 0) is 0 Å². The van der Waals surface area contributed by atoms with E-state index in [1.807, 2.05) is 24.3 Å². The zero-order valence-corrected chi connectivity index (χ0v) is 10.6. The summed E-state index contributed by atoms with van der Waals surface area (Å²) in [5.41, 5.74) is 7.26. The van der Waals surface area contributed by atoms with Crippen molar-refractivity contribution in [1.82, 2.24) is 0 Å². The van der Waals surface area contributed by atoms with Crippen molar-refractivity contribution in [2.45, 2.75) is 12.5 Å². The van der Waals surface area contributed by atoms with Crippen LogP contribution in [0.25, 0.3) is 21.5 Å². The highest BCUT2D eigenvalue weighted by atomic mass is 19.1. The Morgan fingerprint density at radius 2 is 1.42 bits per heavy atom. The molecule has 19 heavy (non-hydrogen) atoms. The minimum Gasteiger partial charge on any atom is -0.324 e. The van der Waals surface area contributed by atoms with Crippen molar-refractivity contribution in [3.8, 4) is 0 Å². The minimum absolute atomic E-state index is 0.263. The lowest BCUT2D eigenvalue weighted by atomic mass is 9.91. The molecule has 0 aromatic heterocycles. The van der Waals surface area contributed by atoms with Crippen LogP contribution in [0.3, 0.4) is 0 Å². The Morgan fingerprint density at radius 1 is 0.895 bits per heavy atom. The molecule has 0 amide bonds. The van der Waals surface area contributed by atoms with Gasteiger partial charge in [-0.2, -0.15) is 0 Å². The molecule has 3 rings (SSSR count). The number of rotatable bonds is 3. The Kier molecular flexibility index (Phi) is 3.18. The lowest BCUT2D eigenvalue weighted by Gasteiger charge is -2.17. The van der Waals surface area contributed by atoms with E-state index in [0.717, 1.165) is 27.1 Å². The van der Waals surface area contributed by atoms with Crippen LogP contribution >= 0.6 is 0 Å². The van der Waals surface area contributed by atoms with Crippen molar-refractivity contribution >= 4 is 21.5 Å². The lowest BCUT2D eigenvalue weighted by molar-refractivity contribution is 0.443. The van der Waals surface area contributed by atoms with Gasteiger partial charge in [-0.15, -0.1) is 0 Å². The molecule has 2 heteroatoms. The fourth-order valence-corrected chi connectivity index (χ4v) is 2.71. The summed E-state index contributed by atoms with van der Waals surface area (Å²) in [6, 6.07) is 18.2. The molecule has 0 aliphatic rings. The maximum atomic E-state index is 12.6. The average molecular weight is 253 g/mol. The average Bonchev–Trinajstić information content (AvgIpc) is 2.44. The summed E-state index contributed by atoms with van der Waals surface area (Å²) in [7, 11) is 0. The molecule has 0 saturated carbocycles. The van der Waals surface area contributed by atoms with Crippen LogP contribution in [0.5, 0.6) is 0 Å². The predicted octanol–water partition coefficient (Wildman–Crippen LogP) is 4.35. The van der Waals surface area contributed by atoms with Crippen LogP contribution < -0.4 is 5.73 Å². The molecule has 0 fully saturated rings. The number of fused-ring (bicyclic) bond motifs is 2. The predicted molar refractivity (Wildman–Crippen MR) is 79.0 cm³/mol. The highest BCUT2D eigenvalue weighted by Crippen LogP contribution is 2.32. The molecule has 0 heterocycles. The highest BCUT2D eigenvalue weighted by molar-refractivity contribution is 6.02. The monoisotopic (exact) mass is 253 g/mol. The second-order valence-corrected chi connectivity index (χ2v) is 4.82. The molecule has 3 aromatic carbocycles. The molecule has 0 saturated heterocycles. The van der Waals surface area contributed by atoms with E-state index >= 15 is 0 Å². The number of nitrogens with two attached hydrogens (primary N) is 1. The molecule has 2 N–H and O–H groups in total. The van der Waals surface area contributed by atoms with Crippen molar-refractivity contribution in [1.29, 1.82) is 0 Å². The first-order valence-electron chi connectivity index (χ1n) is 6.53. The van der Waals surface area contributed by atoms with E-state index in [9.17, 15) is 4.39 Å². The van der Waals surface area contributed by atoms with Gasteiger partial charge in [0.05, 0.1) is 6.67 Å². The van der Waals surface area contributed by atoms with E-state index < -0.39 is 6.67 Å². The summed E-state index contributed by atoms with van der Waals surface area (Å²) < 4.78 is 12.6. The second-order valence-electron chi connectivity index (χ2n) is 4.82. The van der Waals surface area contributed by atoms with Gasteiger partial charge < -0.3 is 5.73 Å². The largest absolute Gasteiger partial charge is 0.324 e. The summed E-state index contributed by atoms with van der Waals surface area (Å²) in [5, 5.41) is 4.57. The SMILES string of the molecule is N[C@@H](CCF)c1c2ccccc2cc2ccccc12. The topological polar surface area (TPSA) is 26.0 Å². The fraction of sp³-hybridized carbons (Fsp3) is 0.176. The zero-order chi connectivity index (χ0) is 13.2.